The first-order chi connectivity index (χ1) is 11.5. The predicted molar refractivity (Wildman–Crippen MR) is 86.5 cm³/mol. The van der Waals surface area contributed by atoms with Crippen LogP contribution in [0.25, 0.3) is 6.08 Å². The Balaban J connectivity index is 2.06. The standard InChI is InChI=1S/C18H13FN2O3/c1-20-16(22)15(11-12-7-9-13(19)10-8-12)17(23)21(18(20)24)14-5-3-2-4-6-14/h2-11H,1H3. The van der Waals surface area contributed by atoms with Crippen molar-refractivity contribution in [3.05, 3.63) is 71.6 Å². The van der Waals surface area contributed by atoms with Crippen molar-refractivity contribution in [3.8, 4) is 0 Å². The van der Waals surface area contributed by atoms with Gasteiger partial charge < -0.3 is 0 Å². The number of carbonyl (C=O) groups excluding carboxylic acids is 3. The minimum absolute atomic E-state index is 0.160. The van der Waals surface area contributed by atoms with Gasteiger partial charge in [-0.05, 0) is 35.9 Å². The van der Waals surface area contributed by atoms with Crippen LogP contribution < -0.4 is 4.90 Å². The molecule has 2 aromatic rings. The summed E-state index contributed by atoms with van der Waals surface area (Å²) in [7, 11) is 1.31. The quantitative estimate of drug-likeness (QED) is 0.630. The van der Waals surface area contributed by atoms with Gasteiger partial charge in [-0.3, -0.25) is 14.5 Å². The van der Waals surface area contributed by atoms with Gasteiger partial charge >= 0.3 is 6.03 Å². The van der Waals surface area contributed by atoms with E-state index < -0.39 is 23.7 Å². The number of amides is 4. The molecule has 0 bridgehead atoms. The molecule has 1 fully saturated rings. The average molecular weight is 324 g/mol. The molecule has 24 heavy (non-hydrogen) atoms. The van der Waals surface area contributed by atoms with Gasteiger partial charge in [-0.25, -0.2) is 14.1 Å². The molecule has 0 radical (unpaired) electrons. The summed E-state index contributed by atoms with van der Waals surface area (Å²) in [4.78, 5) is 39.1. The molecular weight excluding hydrogens is 311 g/mol. The lowest BCUT2D eigenvalue weighted by Gasteiger charge is -2.31. The number of carbonyl (C=O) groups is 3. The summed E-state index contributed by atoms with van der Waals surface area (Å²) in [6, 6.07) is 13.0. The number of rotatable bonds is 2. The molecule has 1 aliphatic heterocycles. The van der Waals surface area contributed by atoms with Crippen molar-refractivity contribution in [1.82, 2.24) is 4.90 Å². The Bertz CT molecular complexity index is 844. The average Bonchev–Trinajstić information content (AvgIpc) is 2.60. The second-order valence-corrected chi connectivity index (χ2v) is 5.23. The Morgan fingerprint density at radius 2 is 1.50 bits per heavy atom. The molecule has 2 aromatic carbocycles. The summed E-state index contributed by atoms with van der Waals surface area (Å²) in [6.07, 6.45) is 1.35. The Morgan fingerprint density at radius 1 is 0.875 bits per heavy atom. The highest BCUT2D eigenvalue weighted by Gasteiger charge is 2.40. The van der Waals surface area contributed by atoms with Crippen molar-refractivity contribution in [2.75, 3.05) is 11.9 Å². The fraction of sp³-hybridized carbons (Fsp3) is 0.0556. The molecule has 120 valence electrons. The summed E-state index contributed by atoms with van der Waals surface area (Å²) in [5.74, 6) is -1.82. The highest BCUT2D eigenvalue weighted by molar-refractivity contribution is 6.38. The first kappa shape index (κ1) is 15.6. The topological polar surface area (TPSA) is 57.7 Å². The lowest BCUT2D eigenvalue weighted by Crippen LogP contribution is -2.55. The SMILES string of the molecule is CN1C(=O)C(=Cc2ccc(F)cc2)C(=O)N(c2ccccc2)C1=O. The molecule has 1 aliphatic rings. The number of para-hydroxylation sites is 1. The van der Waals surface area contributed by atoms with Crippen LogP contribution in [0.5, 0.6) is 0 Å². The third-order valence-electron chi connectivity index (χ3n) is 3.64. The highest BCUT2D eigenvalue weighted by Crippen LogP contribution is 2.24. The minimum Gasteiger partial charge on any atom is -0.268 e. The van der Waals surface area contributed by atoms with Crippen LogP contribution in [-0.2, 0) is 9.59 Å². The molecule has 0 unspecified atom stereocenters. The van der Waals surface area contributed by atoms with Crippen molar-refractivity contribution in [2.24, 2.45) is 0 Å². The first-order valence-corrected chi connectivity index (χ1v) is 7.18. The predicted octanol–water partition coefficient (Wildman–Crippen LogP) is 2.83. The molecule has 6 heteroatoms. The maximum Gasteiger partial charge on any atom is 0.338 e. The van der Waals surface area contributed by atoms with Crippen LogP contribution >= 0.6 is 0 Å². The highest BCUT2D eigenvalue weighted by atomic mass is 19.1. The Labute approximate surface area is 137 Å². The van der Waals surface area contributed by atoms with Crippen LogP contribution in [0.4, 0.5) is 14.9 Å². The van der Waals surface area contributed by atoms with E-state index in [1.54, 1.807) is 30.3 Å². The molecule has 0 atom stereocenters. The third kappa shape index (κ3) is 2.69. The molecule has 3 rings (SSSR count). The van der Waals surface area contributed by atoms with E-state index in [1.165, 1.54) is 37.4 Å². The van der Waals surface area contributed by atoms with Gasteiger partial charge in [0.15, 0.2) is 0 Å². The number of hydrogen-bond donors (Lipinski definition) is 0. The van der Waals surface area contributed by atoms with Crippen LogP contribution in [0.2, 0.25) is 0 Å². The number of anilines is 1. The number of benzene rings is 2. The van der Waals surface area contributed by atoms with Gasteiger partial charge in [-0.1, -0.05) is 30.3 Å². The summed E-state index contributed by atoms with van der Waals surface area (Å²) in [5, 5.41) is 0. The van der Waals surface area contributed by atoms with Crippen molar-refractivity contribution >= 4 is 29.6 Å². The number of halogens is 1. The van der Waals surface area contributed by atoms with E-state index in [2.05, 4.69) is 0 Å². The fourth-order valence-corrected chi connectivity index (χ4v) is 2.37. The van der Waals surface area contributed by atoms with Gasteiger partial charge in [0.2, 0.25) is 0 Å². The van der Waals surface area contributed by atoms with Gasteiger partial charge in [0.05, 0.1) is 5.69 Å². The largest absolute Gasteiger partial charge is 0.338 e. The zero-order valence-electron chi connectivity index (χ0n) is 12.8. The normalized spacial score (nSPS) is 16.9. The fourth-order valence-electron chi connectivity index (χ4n) is 2.37. The molecule has 0 aromatic heterocycles. The van der Waals surface area contributed by atoms with E-state index in [9.17, 15) is 18.8 Å². The molecule has 0 aliphatic carbocycles. The molecule has 1 saturated heterocycles. The minimum atomic E-state index is -0.715. The van der Waals surface area contributed by atoms with Crippen molar-refractivity contribution in [3.63, 3.8) is 0 Å². The van der Waals surface area contributed by atoms with E-state index in [1.807, 2.05) is 0 Å². The molecule has 0 N–H and O–H groups in total. The van der Waals surface area contributed by atoms with E-state index in [-0.39, 0.29) is 5.57 Å². The van der Waals surface area contributed by atoms with Crippen LogP contribution in [-0.4, -0.2) is 29.8 Å². The van der Waals surface area contributed by atoms with Gasteiger partial charge in [-0.2, -0.15) is 0 Å². The zero-order valence-corrected chi connectivity index (χ0v) is 12.8. The summed E-state index contributed by atoms with van der Waals surface area (Å²) in [5.41, 5.74) is 0.702. The number of nitrogens with zero attached hydrogens (tertiary/aromatic N) is 2. The summed E-state index contributed by atoms with van der Waals surface area (Å²) >= 11 is 0. The van der Waals surface area contributed by atoms with E-state index >= 15 is 0 Å². The summed E-state index contributed by atoms with van der Waals surface area (Å²) < 4.78 is 13.0. The van der Waals surface area contributed by atoms with Crippen molar-refractivity contribution in [2.45, 2.75) is 0 Å². The van der Waals surface area contributed by atoms with E-state index in [0.29, 0.717) is 11.3 Å². The van der Waals surface area contributed by atoms with Gasteiger partial charge in [0, 0.05) is 7.05 Å². The Kier molecular flexibility index (Phi) is 3.95. The Hall–Kier alpha value is -3.28. The van der Waals surface area contributed by atoms with Gasteiger partial charge in [-0.15, -0.1) is 0 Å². The van der Waals surface area contributed by atoms with Crippen LogP contribution in [0.3, 0.4) is 0 Å². The number of imide groups is 2. The van der Waals surface area contributed by atoms with Gasteiger partial charge in [0.1, 0.15) is 11.4 Å². The molecular formula is C18H13FN2O3. The third-order valence-corrected chi connectivity index (χ3v) is 3.64. The molecule has 4 amide bonds. The molecule has 1 heterocycles. The van der Waals surface area contributed by atoms with Crippen LogP contribution in [0.15, 0.2) is 60.2 Å². The zero-order chi connectivity index (χ0) is 17.3. The maximum absolute atomic E-state index is 13.0. The second-order valence-electron chi connectivity index (χ2n) is 5.23. The molecule has 5 nitrogen and oxygen atoms in total. The molecule has 0 saturated carbocycles. The smallest absolute Gasteiger partial charge is 0.268 e. The Morgan fingerprint density at radius 3 is 2.12 bits per heavy atom. The number of hydrogen-bond acceptors (Lipinski definition) is 3. The number of barbiturate groups is 1. The van der Waals surface area contributed by atoms with Crippen molar-refractivity contribution in [1.29, 1.82) is 0 Å². The van der Waals surface area contributed by atoms with Crippen LogP contribution in [0.1, 0.15) is 5.56 Å². The van der Waals surface area contributed by atoms with Crippen LogP contribution in [0, 0.1) is 5.82 Å². The maximum atomic E-state index is 13.0. The van der Waals surface area contributed by atoms with Gasteiger partial charge in [0.25, 0.3) is 11.8 Å². The monoisotopic (exact) mass is 324 g/mol. The number of likely N-dealkylation sites (N-methyl/N-ethyl adjacent to an activating group) is 1. The van der Waals surface area contributed by atoms with E-state index in [0.717, 1.165) is 9.80 Å². The summed E-state index contributed by atoms with van der Waals surface area (Å²) in [6.45, 7) is 0. The first-order valence-electron chi connectivity index (χ1n) is 7.18. The van der Waals surface area contributed by atoms with Crippen molar-refractivity contribution < 1.29 is 18.8 Å². The number of urea groups is 1. The van der Waals surface area contributed by atoms with E-state index in [4.69, 9.17) is 0 Å². The molecule has 0 spiro atoms. The lowest BCUT2D eigenvalue weighted by atomic mass is 10.1. The second kappa shape index (κ2) is 6.08. The lowest BCUT2D eigenvalue weighted by molar-refractivity contribution is -0.128.